The minimum absolute atomic E-state index is 0.137. The van der Waals surface area contributed by atoms with Crippen molar-refractivity contribution in [1.82, 2.24) is 9.55 Å². The molecule has 1 aromatic rings. The number of phosphoric acid groups is 3. The van der Waals surface area contributed by atoms with Crippen molar-refractivity contribution in [2.45, 2.75) is 31.0 Å². The molecule has 6 atom stereocenters. The molecule has 18 nitrogen and oxygen atoms in total. The lowest BCUT2D eigenvalue weighted by molar-refractivity contribution is -0.139. The van der Waals surface area contributed by atoms with E-state index in [1.807, 2.05) is 0 Å². The molecule has 0 bridgehead atoms. The lowest BCUT2D eigenvalue weighted by Crippen LogP contribution is -2.34. The Bertz CT molecular complexity index is 1180. The Morgan fingerprint density at radius 2 is 1.76 bits per heavy atom. The Morgan fingerprint density at radius 3 is 2.32 bits per heavy atom. The summed E-state index contributed by atoms with van der Waals surface area (Å²) in [5, 5.41) is 20.5. The standard InChI is InChI=1S/C12H19N2O16P3S/c1-26-7(15)2-5-3-14(12(34)13-10(5)18)11-9(17)8(16)6(28-11)4-27-32(22,23)30-33(24,25)29-31(19,20)21/h3,6,8-9,11,16-17H,2,4H2,1H3,(H,22,23)(H,24,25)(H,13,18,34)(H2,19,20,21)/t6-,8-,9-,11-/m1/s1. The second kappa shape index (κ2) is 10.9. The van der Waals surface area contributed by atoms with Crippen LogP contribution in [0.15, 0.2) is 11.0 Å². The smallest absolute Gasteiger partial charge is 0.469 e. The lowest BCUT2D eigenvalue weighted by atomic mass is 10.1. The average molecular weight is 572 g/mol. The van der Waals surface area contributed by atoms with E-state index in [1.54, 1.807) is 0 Å². The van der Waals surface area contributed by atoms with Crippen molar-refractivity contribution >= 4 is 41.7 Å². The van der Waals surface area contributed by atoms with E-state index in [0.29, 0.717) is 0 Å². The molecule has 0 saturated carbocycles. The van der Waals surface area contributed by atoms with Gasteiger partial charge in [0.2, 0.25) is 0 Å². The molecule has 0 amide bonds. The van der Waals surface area contributed by atoms with Crippen molar-refractivity contribution in [1.29, 1.82) is 0 Å². The number of aliphatic hydroxyl groups is 2. The number of carbonyl (C=O) groups is 1. The van der Waals surface area contributed by atoms with Crippen molar-refractivity contribution in [3.63, 3.8) is 0 Å². The summed E-state index contributed by atoms with van der Waals surface area (Å²) in [5.74, 6) is -0.768. The van der Waals surface area contributed by atoms with Gasteiger partial charge in [-0.25, -0.2) is 13.7 Å². The monoisotopic (exact) mass is 572 g/mol. The van der Waals surface area contributed by atoms with Gasteiger partial charge >= 0.3 is 29.4 Å². The molecule has 1 saturated heterocycles. The number of aromatic nitrogens is 2. The zero-order chi connectivity index (χ0) is 26.1. The molecule has 22 heteroatoms. The average Bonchev–Trinajstić information content (AvgIpc) is 2.94. The minimum Gasteiger partial charge on any atom is -0.469 e. The molecule has 0 aliphatic carbocycles. The van der Waals surface area contributed by atoms with Gasteiger partial charge in [0.15, 0.2) is 11.0 Å². The van der Waals surface area contributed by atoms with Crippen LogP contribution in [-0.2, 0) is 47.5 Å². The first-order valence-electron chi connectivity index (χ1n) is 8.66. The van der Waals surface area contributed by atoms with Crippen molar-refractivity contribution < 1.29 is 70.9 Å². The molecule has 0 aromatic carbocycles. The Balaban J connectivity index is 2.16. The predicted octanol–water partition coefficient (Wildman–Crippen LogP) is -1.42. The summed E-state index contributed by atoms with van der Waals surface area (Å²) in [5.41, 5.74) is -0.869. The number of aromatic amines is 1. The SMILES string of the molecule is COC(=O)Cc1cn([C@@H]2O[C@H](COP(=O)(O)OP(=O)(O)OP(=O)(O)O)[C@@H](O)[C@H]2O)c(=S)[nH]c1=O. The summed E-state index contributed by atoms with van der Waals surface area (Å²) < 4.78 is 55.8. The van der Waals surface area contributed by atoms with Gasteiger partial charge in [0.05, 0.1) is 20.1 Å². The molecule has 1 aromatic heterocycles. The molecule has 2 heterocycles. The number of aliphatic hydroxyl groups excluding tert-OH is 2. The molecule has 1 aliphatic heterocycles. The number of phosphoric ester groups is 1. The molecule has 1 aliphatic rings. The molecule has 0 radical (unpaired) electrons. The Morgan fingerprint density at radius 1 is 1.15 bits per heavy atom. The Hall–Kier alpha value is -1.14. The molecule has 0 spiro atoms. The van der Waals surface area contributed by atoms with E-state index < -0.39 is 72.6 Å². The van der Waals surface area contributed by atoms with Crippen molar-refractivity contribution in [2.24, 2.45) is 0 Å². The van der Waals surface area contributed by atoms with Gasteiger partial charge in [-0.05, 0) is 12.2 Å². The van der Waals surface area contributed by atoms with Crippen LogP contribution in [-0.4, -0.2) is 77.3 Å². The van der Waals surface area contributed by atoms with E-state index in [0.717, 1.165) is 17.9 Å². The molecule has 1 fully saturated rings. The van der Waals surface area contributed by atoms with Gasteiger partial charge in [-0.2, -0.15) is 8.62 Å². The van der Waals surface area contributed by atoms with Gasteiger partial charge < -0.3 is 39.3 Å². The van der Waals surface area contributed by atoms with E-state index in [1.165, 1.54) is 0 Å². The van der Waals surface area contributed by atoms with Crippen LogP contribution in [0.5, 0.6) is 0 Å². The number of ether oxygens (including phenoxy) is 2. The zero-order valence-electron chi connectivity index (χ0n) is 16.8. The number of hydrogen-bond donors (Lipinski definition) is 7. The summed E-state index contributed by atoms with van der Waals surface area (Å²) in [6, 6.07) is 0. The number of hydrogen-bond acceptors (Lipinski definition) is 13. The van der Waals surface area contributed by atoms with Crippen LogP contribution in [0.4, 0.5) is 0 Å². The fourth-order valence-corrected chi connectivity index (χ4v) is 5.92. The molecular formula is C12H19N2O16P3S. The number of esters is 1. The highest BCUT2D eigenvalue weighted by Gasteiger charge is 2.46. The zero-order valence-corrected chi connectivity index (χ0v) is 20.3. The number of nitrogens with one attached hydrogen (secondary N) is 1. The highest BCUT2D eigenvalue weighted by Crippen LogP contribution is 2.66. The molecule has 2 unspecified atom stereocenters. The third-order valence-electron chi connectivity index (χ3n) is 4.03. The number of rotatable bonds is 10. The maximum atomic E-state index is 12.0. The summed E-state index contributed by atoms with van der Waals surface area (Å²) in [6.07, 6.45) is -6.03. The number of nitrogens with zero attached hydrogens (tertiary/aromatic N) is 1. The topological polar surface area (TPSA) is 274 Å². The quantitative estimate of drug-likeness (QED) is 0.0963. The second-order valence-electron chi connectivity index (χ2n) is 6.51. The van der Waals surface area contributed by atoms with E-state index >= 15 is 0 Å². The molecule has 194 valence electrons. The van der Waals surface area contributed by atoms with Crippen LogP contribution >= 0.6 is 35.7 Å². The third kappa shape index (κ3) is 7.94. The molecule has 34 heavy (non-hydrogen) atoms. The van der Waals surface area contributed by atoms with Gasteiger partial charge in [-0.3, -0.25) is 23.7 Å². The van der Waals surface area contributed by atoms with E-state index in [9.17, 15) is 38.4 Å². The second-order valence-corrected chi connectivity index (χ2v) is 11.3. The lowest BCUT2D eigenvalue weighted by Gasteiger charge is -2.20. The normalized spacial score (nSPS) is 26.6. The first kappa shape index (κ1) is 29.1. The van der Waals surface area contributed by atoms with Crippen molar-refractivity contribution in [3.8, 4) is 0 Å². The molecule has 2 rings (SSSR count). The number of H-pyrrole nitrogens is 1. The fraction of sp³-hybridized carbons (Fsp3) is 0.583. The van der Waals surface area contributed by atoms with Crippen LogP contribution in [0.25, 0.3) is 0 Å². The van der Waals surface area contributed by atoms with Crippen LogP contribution in [0.3, 0.4) is 0 Å². The molecule has 7 N–H and O–H groups in total. The van der Waals surface area contributed by atoms with Gasteiger partial charge in [0, 0.05) is 11.8 Å². The summed E-state index contributed by atoms with van der Waals surface area (Å²) >= 11 is 4.98. The minimum atomic E-state index is -5.76. The Labute approximate surface area is 194 Å². The van der Waals surface area contributed by atoms with Crippen LogP contribution in [0.2, 0.25) is 0 Å². The maximum Gasteiger partial charge on any atom is 0.490 e. The summed E-state index contributed by atoms with van der Waals surface area (Å²) in [4.78, 5) is 61.3. The van der Waals surface area contributed by atoms with E-state index in [2.05, 4.69) is 22.9 Å². The van der Waals surface area contributed by atoms with Crippen molar-refractivity contribution in [2.75, 3.05) is 13.7 Å². The number of methoxy groups -OCH3 is 1. The summed E-state index contributed by atoms with van der Waals surface area (Å²) in [6.45, 7) is -1.05. The van der Waals surface area contributed by atoms with Gasteiger partial charge in [-0.15, -0.1) is 0 Å². The first-order valence-corrected chi connectivity index (χ1v) is 13.6. The number of carbonyl (C=O) groups excluding carboxylic acids is 1. The largest absolute Gasteiger partial charge is 0.490 e. The third-order valence-corrected chi connectivity index (χ3v) is 8.15. The van der Waals surface area contributed by atoms with Crippen LogP contribution in [0, 0.1) is 4.77 Å². The highest BCUT2D eigenvalue weighted by atomic mass is 32.1. The van der Waals surface area contributed by atoms with Crippen molar-refractivity contribution in [3.05, 3.63) is 26.9 Å². The van der Waals surface area contributed by atoms with Gasteiger partial charge in [0.25, 0.3) is 5.56 Å². The molecular weight excluding hydrogens is 553 g/mol. The van der Waals surface area contributed by atoms with E-state index in [4.69, 9.17) is 31.6 Å². The fourth-order valence-electron chi connectivity index (χ4n) is 2.64. The van der Waals surface area contributed by atoms with Crippen LogP contribution < -0.4 is 5.56 Å². The Kier molecular flexibility index (Phi) is 9.29. The predicted molar refractivity (Wildman–Crippen MR) is 107 cm³/mol. The first-order chi connectivity index (χ1) is 15.4. The summed E-state index contributed by atoms with van der Waals surface area (Å²) in [7, 11) is -15.8. The van der Waals surface area contributed by atoms with Crippen LogP contribution in [0.1, 0.15) is 11.8 Å². The highest BCUT2D eigenvalue weighted by molar-refractivity contribution is 7.71. The van der Waals surface area contributed by atoms with Gasteiger partial charge in [0.1, 0.15) is 18.3 Å². The maximum absolute atomic E-state index is 12.0. The van der Waals surface area contributed by atoms with Gasteiger partial charge in [-0.1, -0.05) is 0 Å². The van der Waals surface area contributed by atoms with E-state index in [-0.39, 0.29) is 10.3 Å².